The fourth-order valence-electron chi connectivity index (χ4n) is 4.12. The zero-order valence-electron chi connectivity index (χ0n) is 23.7. The van der Waals surface area contributed by atoms with Crippen LogP contribution in [0.15, 0.2) is 46.7 Å². The monoisotopic (exact) mass is 546 g/mol. The van der Waals surface area contributed by atoms with Crippen molar-refractivity contribution in [3.05, 3.63) is 53.5 Å². The number of carbonyl (C=O) groups is 1. The number of aliphatic imine (C=N–C) groups is 2. The molecule has 4 rings (SSSR count). The number of hydrogen-bond acceptors (Lipinski definition) is 10. The topological polar surface area (TPSA) is 142 Å². The summed E-state index contributed by atoms with van der Waals surface area (Å²) in [5, 5.41) is 9.64. The van der Waals surface area contributed by atoms with Crippen molar-refractivity contribution in [1.29, 1.82) is 5.26 Å². The Labute approximate surface area is 236 Å². The first kappa shape index (κ1) is 30.4. The molecular weight excluding hydrogens is 508 g/mol. The molecule has 4 heterocycles. The van der Waals surface area contributed by atoms with Crippen molar-refractivity contribution in [2.75, 3.05) is 38.3 Å². The number of anilines is 1. The minimum Gasteiger partial charge on any atom is -0.444 e. The summed E-state index contributed by atoms with van der Waals surface area (Å²) in [5.74, 6) is 0.715. The summed E-state index contributed by atoms with van der Waals surface area (Å²) in [6, 6.07) is 7.67. The smallest absolute Gasteiger partial charge is 0.411 e. The van der Waals surface area contributed by atoms with Crippen molar-refractivity contribution < 1.29 is 14.3 Å². The van der Waals surface area contributed by atoms with E-state index in [1.807, 2.05) is 32.9 Å². The van der Waals surface area contributed by atoms with E-state index >= 15 is 0 Å². The van der Waals surface area contributed by atoms with Crippen LogP contribution in [0.1, 0.15) is 50.4 Å². The third kappa shape index (κ3) is 8.18. The highest BCUT2D eigenvalue weighted by Crippen LogP contribution is 2.25. The number of amides is 1. The third-order valence-electron chi connectivity index (χ3n) is 6.15. The van der Waals surface area contributed by atoms with E-state index in [0.29, 0.717) is 48.1 Å². The van der Waals surface area contributed by atoms with E-state index in [-0.39, 0.29) is 12.1 Å². The molecule has 2 saturated heterocycles. The number of ether oxygens (including phenoxy) is 2. The maximum absolute atomic E-state index is 12.7. The quantitative estimate of drug-likeness (QED) is 0.488. The Morgan fingerprint density at radius 1 is 1.27 bits per heavy atom. The van der Waals surface area contributed by atoms with E-state index in [9.17, 15) is 10.1 Å². The second-order valence-corrected chi connectivity index (χ2v) is 10.2. The maximum atomic E-state index is 12.7. The highest BCUT2D eigenvalue weighted by atomic mass is 16.6. The second kappa shape index (κ2) is 14.3. The molecule has 0 aromatic carbocycles. The number of rotatable bonds is 8. The van der Waals surface area contributed by atoms with E-state index in [2.05, 4.69) is 43.4 Å². The molecule has 2 N–H and O–H groups in total. The Kier molecular flexibility index (Phi) is 10.9. The van der Waals surface area contributed by atoms with E-state index in [0.717, 1.165) is 31.6 Å². The fraction of sp³-hybridized carbons (Fsp3) is 0.448. The molecule has 11 heteroatoms. The van der Waals surface area contributed by atoms with Crippen LogP contribution in [-0.4, -0.2) is 78.9 Å². The van der Waals surface area contributed by atoms with Crippen LogP contribution in [-0.2, 0) is 16.0 Å². The van der Waals surface area contributed by atoms with Crippen LogP contribution < -0.4 is 10.6 Å². The molecule has 0 bridgehead atoms. The van der Waals surface area contributed by atoms with E-state index < -0.39 is 5.60 Å². The summed E-state index contributed by atoms with van der Waals surface area (Å²) >= 11 is 0. The molecule has 212 valence electrons. The van der Waals surface area contributed by atoms with Gasteiger partial charge in [-0.25, -0.2) is 9.78 Å². The van der Waals surface area contributed by atoms with Gasteiger partial charge in [0.25, 0.3) is 0 Å². The van der Waals surface area contributed by atoms with Crippen LogP contribution in [0, 0.1) is 11.3 Å². The lowest BCUT2D eigenvalue weighted by Crippen LogP contribution is -2.52. The number of allylic oxidation sites excluding steroid dienone is 1. The number of aromatic nitrogens is 2. The van der Waals surface area contributed by atoms with Gasteiger partial charge in [0.05, 0.1) is 54.6 Å². The number of hydrogen-bond donors (Lipinski definition) is 1. The van der Waals surface area contributed by atoms with E-state index in [1.165, 1.54) is 7.05 Å². The van der Waals surface area contributed by atoms with Crippen molar-refractivity contribution >= 4 is 36.2 Å². The van der Waals surface area contributed by atoms with Gasteiger partial charge in [0.2, 0.25) is 0 Å². The predicted molar refractivity (Wildman–Crippen MR) is 157 cm³/mol. The molecule has 40 heavy (non-hydrogen) atoms. The van der Waals surface area contributed by atoms with Gasteiger partial charge in [0.15, 0.2) is 0 Å². The Balaban J connectivity index is 0.00000216. The highest BCUT2D eigenvalue weighted by Gasteiger charge is 2.33. The highest BCUT2D eigenvalue weighted by molar-refractivity contribution is 5.86. The number of pyridine rings is 2. The minimum atomic E-state index is -0.583. The first-order valence-corrected chi connectivity index (χ1v) is 13.2. The van der Waals surface area contributed by atoms with Crippen molar-refractivity contribution in [2.45, 2.75) is 51.8 Å². The normalized spacial score (nSPS) is 15.6. The van der Waals surface area contributed by atoms with E-state index in [1.54, 1.807) is 35.7 Å². The molecule has 0 saturated carbocycles. The van der Waals surface area contributed by atoms with Gasteiger partial charge in [-0.1, -0.05) is 0 Å². The average molecular weight is 547 g/mol. The van der Waals surface area contributed by atoms with Crippen molar-refractivity contribution in [1.82, 2.24) is 14.9 Å². The summed E-state index contributed by atoms with van der Waals surface area (Å²) in [4.78, 5) is 34.0. The molecule has 1 amide bonds. The van der Waals surface area contributed by atoms with Crippen LogP contribution >= 0.6 is 0 Å². The number of nitrogens with zero attached hydrogens (tertiary/aromatic N) is 7. The van der Waals surface area contributed by atoms with Gasteiger partial charge in [0, 0.05) is 31.1 Å². The Bertz CT molecular complexity index is 1250. The molecule has 2 aromatic rings. The van der Waals surface area contributed by atoms with Crippen molar-refractivity contribution in [3.63, 3.8) is 0 Å². The van der Waals surface area contributed by atoms with Crippen LogP contribution in [0.25, 0.3) is 5.70 Å². The van der Waals surface area contributed by atoms with Crippen molar-refractivity contribution in [3.8, 4) is 6.07 Å². The maximum Gasteiger partial charge on any atom is 0.411 e. The van der Waals surface area contributed by atoms with Crippen LogP contribution in [0.3, 0.4) is 0 Å². The number of nitrogens with two attached hydrogens (primary N) is 1. The van der Waals surface area contributed by atoms with Gasteiger partial charge in [0.1, 0.15) is 17.5 Å². The molecule has 11 nitrogen and oxygen atoms in total. The number of carbonyl (C=O) groups excluding carboxylic acids is 1. The zero-order valence-corrected chi connectivity index (χ0v) is 23.7. The van der Waals surface area contributed by atoms with Gasteiger partial charge in [-0.15, -0.1) is 0 Å². The van der Waals surface area contributed by atoms with Gasteiger partial charge < -0.3 is 20.1 Å². The van der Waals surface area contributed by atoms with Crippen LogP contribution in [0.4, 0.5) is 16.3 Å². The first-order chi connectivity index (χ1) is 19.3. The average Bonchev–Trinajstić information content (AvgIpc) is 3.45. The molecule has 0 unspecified atom stereocenters. The molecule has 0 atom stereocenters. The molecule has 0 radical (unpaired) electrons. The summed E-state index contributed by atoms with van der Waals surface area (Å²) in [6.07, 6.45) is 8.52. The van der Waals surface area contributed by atoms with Crippen LogP contribution in [0.5, 0.6) is 0 Å². The van der Waals surface area contributed by atoms with Gasteiger partial charge >= 0.3 is 6.09 Å². The lowest BCUT2D eigenvalue weighted by Gasteiger charge is -2.37. The van der Waals surface area contributed by atoms with Gasteiger partial charge in [-0.3, -0.25) is 19.9 Å². The summed E-state index contributed by atoms with van der Waals surface area (Å²) in [6.45, 7) is 12.3. The van der Waals surface area contributed by atoms with Crippen molar-refractivity contribution in [2.24, 2.45) is 15.7 Å². The molecule has 2 aromatic heterocycles. The lowest BCUT2D eigenvalue weighted by atomic mass is 10.1. The Morgan fingerprint density at radius 2 is 2.00 bits per heavy atom. The molecule has 2 aliphatic rings. The molecule has 0 aliphatic carbocycles. The van der Waals surface area contributed by atoms with Crippen LogP contribution in [0.2, 0.25) is 0 Å². The number of nitriles is 1. The third-order valence-corrected chi connectivity index (χ3v) is 6.15. The molecule has 2 aliphatic heterocycles. The summed E-state index contributed by atoms with van der Waals surface area (Å²) in [5.41, 5.74) is 7.06. The standard InChI is InChI=1S/C28H33N7O3.CH5N/c1-28(2,3)38-27(36)35(24-18-37-19-24)17-23-8-7-22(16-32-23)31-10-9-25(30-4)21-13-20(14-29)26(33-15-21)34-11-5-6-12-34;1-2/h7-10,13,15-16,24H,4-6,11-12,17-19H2,1-3H3;2H2,1H3/b25-9-,31-10?;. The zero-order chi connectivity index (χ0) is 29.1. The SMILES string of the molecule is C=N/C(=C\C=Nc1ccc(CN(C(=O)OC(C)(C)C)C2COC2)nc1)c1cnc(N2CCCC2)c(C#N)c1.CN. The summed E-state index contributed by atoms with van der Waals surface area (Å²) in [7, 11) is 1.50. The fourth-order valence-corrected chi connectivity index (χ4v) is 4.12. The Hall–Kier alpha value is -4.14. The largest absolute Gasteiger partial charge is 0.444 e. The molecule has 0 spiro atoms. The van der Waals surface area contributed by atoms with Gasteiger partial charge in [-0.05, 0) is 71.7 Å². The second-order valence-electron chi connectivity index (χ2n) is 10.2. The first-order valence-electron chi connectivity index (χ1n) is 13.2. The van der Waals surface area contributed by atoms with Gasteiger partial charge in [-0.2, -0.15) is 5.26 Å². The molecular formula is C29H38N8O3. The molecule has 2 fully saturated rings. The lowest BCUT2D eigenvalue weighted by molar-refractivity contribution is -0.0734. The predicted octanol–water partition coefficient (Wildman–Crippen LogP) is 4.10. The minimum absolute atomic E-state index is 0.0280. The summed E-state index contributed by atoms with van der Waals surface area (Å²) < 4.78 is 10.8. The van der Waals surface area contributed by atoms with E-state index in [4.69, 9.17) is 9.47 Å². The Morgan fingerprint density at radius 3 is 2.55 bits per heavy atom.